The molecule has 14 heavy (non-hydrogen) atoms. The van der Waals surface area contributed by atoms with Crippen molar-refractivity contribution in [1.82, 2.24) is 0 Å². The van der Waals surface area contributed by atoms with E-state index in [0.29, 0.717) is 5.92 Å². The molecule has 0 spiro atoms. The number of hydrogen-bond acceptors (Lipinski definition) is 2. The summed E-state index contributed by atoms with van der Waals surface area (Å²) < 4.78 is 5.32. The van der Waals surface area contributed by atoms with Crippen molar-refractivity contribution < 1.29 is 9.53 Å². The van der Waals surface area contributed by atoms with E-state index < -0.39 is 0 Å². The van der Waals surface area contributed by atoms with Crippen molar-refractivity contribution in [3.8, 4) is 0 Å². The molecule has 2 heteroatoms. The predicted octanol–water partition coefficient (Wildman–Crippen LogP) is 2.19. The van der Waals surface area contributed by atoms with Gasteiger partial charge in [0.1, 0.15) is 6.10 Å². The topological polar surface area (TPSA) is 26.3 Å². The van der Waals surface area contributed by atoms with Crippen LogP contribution < -0.4 is 0 Å². The molecule has 2 rings (SSSR count). The summed E-state index contributed by atoms with van der Waals surface area (Å²) in [5.74, 6) is 0.620. The molecule has 2 aliphatic rings. The van der Waals surface area contributed by atoms with E-state index in [-0.39, 0.29) is 22.7 Å². The summed E-state index contributed by atoms with van der Waals surface area (Å²) in [5.41, 5.74) is -0.301. The lowest BCUT2D eigenvalue weighted by atomic mass is 9.69. The van der Waals surface area contributed by atoms with E-state index in [0.717, 1.165) is 12.8 Å². The van der Waals surface area contributed by atoms with Crippen molar-refractivity contribution in [2.45, 2.75) is 32.8 Å². The molecule has 2 bridgehead atoms. The molecule has 3 unspecified atom stereocenters. The molecule has 0 saturated heterocycles. The van der Waals surface area contributed by atoms with Crippen LogP contribution in [0.2, 0.25) is 0 Å². The van der Waals surface area contributed by atoms with Gasteiger partial charge in [-0.1, -0.05) is 19.9 Å². The second-order valence-corrected chi connectivity index (χ2v) is 5.06. The van der Waals surface area contributed by atoms with E-state index in [1.54, 1.807) is 7.11 Å². The van der Waals surface area contributed by atoms with Crippen LogP contribution in [0.5, 0.6) is 0 Å². The second kappa shape index (κ2) is 2.69. The average molecular weight is 194 g/mol. The van der Waals surface area contributed by atoms with Crippen LogP contribution in [0.1, 0.15) is 26.7 Å². The standard InChI is InChI=1S/C12H18O2/c1-5-12-7-6-8(11(12,2)3)9(14-4)10(12)13/h5,8-9H,1,6-7H2,2-4H3. The smallest absolute Gasteiger partial charge is 0.172 e. The first kappa shape index (κ1) is 9.91. The summed E-state index contributed by atoms with van der Waals surface area (Å²) in [4.78, 5) is 12.2. The fourth-order valence-corrected chi connectivity index (χ4v) is 3.54. The Morgan fingerprint density at radius 2 is 2.21 bits per heavy atom. The maximum absolute atomic E-state index is 12.2. The van der Waals surface area contributed by atoms with Gasteiger partial charge >= 0.3 is 0 Å². The van der Waals surface area contributed by atoms with Crippen molar-refractivity contribution in [1.29, 1.82) is 0 Å². The zero-order chi connectivity index (χ0) is 10.6. The Morgan fingerprint density at radius 1 is 1.57 bits per heavy atom. The molecule has 2 fully saturated rings. The average Bonchev–Trinajstić information content (AvgIpc) is 2.49. The Bertz CT molecular complexity index is 293. The molecule has 2 saturated carbocycles. The van der Waals surface area contributed by atoms with Gasteiger partial charge in [0.05, 0.1) is 5.41 Å². The molecule has 0 radical (unpaired) electrons. The van der Waals surface area contributed by atoms with Gasteiger partial charge in [0.25, 0.3) is 0 Å². The predicted molar refractivity (Wildman–Crippen MR) is 54.9 cm³/mol. The molecule has 0 aromatic heterocycles. The van der Waals surface area contributed by atoms with Crippen molar-refractivity contribution in [3.05, 3.63) is 12.7 Å². The van der Waals surface area contributed by atoms with Gasteiger partial charge < -0.3 is 4.74 Å². The fraction of sp³-hybridized carbons (Fsp3) is 0.750. The Hall–Kier alpha value is -0.630. The Balaban J connectivity index is 2.51. The molecular formula is C12H18O2. The van der Waals surface area contributed by atoms with Crippen LogP contribution in [0.3, 0.4) is 0 Å². The Morgan fingerprint density at radius 3 is 2.57 bits per heavy atom. The van der Waals surface area contributed by atoms with Gasteiger partial charge in [-0.25, -0.2) is 0 Å². The number of hydrogen-bond donors (Lipinski definition) is 0. The molecule has 3 atom stereocenters. The molecule has 2 aliphatic carbocycles. The first-order valence-corrected chi connectivity index (χ1v) is 5.22. The van der Waals surface area contributed by atoms with Gasteiger partial charge in [-0.2, -0.15) is 0 Å². The third-order valence-corrected chi connectivity index (χ3v) is 4.59. The highest BCUT2D eigenvalue weighted by Crippen LogP contribution is 2.64. The molecule has 0 N–H and O–H groups in total. The van der Waals surface area contributed by atoms with Crippen molar-refractivity contribution >= 4 is 5.78 Å². The quantitative estimate of drug-likeness (QED) is 0.630. The number of carbonyl (C=O) groups is 1. The summed E-state index contributed by atoms with van der Waals surface area (Å²) in [7, 11) is 1.64. The van der Waals surface area contributed by atoms with Gasteiger partial charge in [0.15, 0.2) is 5.78 Å². The van der Waals surface area contributed by atoms with Crippen LogP contribution >= 0.6 is 0 Å². The number of allylic oxidation sites excluding steroid dienone is 1. The van der Waals surface area contributed by atoms with Crippen LogP contribution in [0.25, 0.3) is 0 Å². The summed E-state index contributed by atoms with van der Waals surface area (Å²) in [6.07, 6.45) is 3.70. The lowest BCUT2D eigenvalue weighted by Gasteiger charge is -2.32. The highest BCUT2D eigenvalue weighted by atomic mass is 16.5. The molecule has 78 valence electrons. The van der Waals surface area contributed by atoms with Crippen molar-refractivity contribution in [2.75, 3.05) is 7.11 Å². The number of methoxy groups -OCH3 is 1. The maximum Gasteiger partial charge on any atom is 0.172 e. The van der Waals surface area contributed by atoms with E-state index in [1.807, 2.05) is 6.08 Å². The third-order valence-electron chi connectivity index (χ3n) is 4.59. The van der Waals surface area contributed by atoms with Gasteiger partial charge in [0, 0.05) is 7.11 Å². The molecule has 0 aliphatic heterocycles. The van der Waals surface area contributed by atoms with E-state index in [1.165, 1.54) is 0 Å². The van der Waals surface area contributed by atoms with Crippen molar-refractivity contribution in [3.63, 3.8) is 0 Å². The molecule has 0 heterocycles. The summed E-state index contributed by atoms with van der Waals surface area (Å²) >= 11 is 0. The van der Waals surface area contributed by atoms with Gasteiger partial charge in [-0.3, -0.25) is 4.79 Å². The summed E-state index contributed by atoms with van der Waals surface area (Å²) in [6, 6.07) is 0. The van der Waals surface area contributed by atoms with Crippen LogP contribution in [0.4, 0.5) is 0 Å². The first-order valence-electron chi connectivity index (χ1n) is 5.22. The Labute approximate surface area is 85.3 Å². The van der Waals surface area contributed by atoms with E-state index in [4.69, 9.17) is 4.74 Å². The lowest BCUT2D eigenvalue weighted by molar-refractivity contribution is -0.135. The van der Waals surface area contributed by atoms with E-state index in [9.17, 15) is 4.79 Å². The first-order chi connectivity index (χ1) is 6.51. The maximum atomic E-state index is 12.2. The van der Waals surface area contributed by atoms with Crippen LogP contribution in [0, 0.1) is 16.7 Å². The number of ether oxygens (including phenoxy) is 1. The minimum Gasteiger partial charge on any atom is -0.373 e. The number of ketones is 1. The minimum atomic E-state index is -0.321. The van der Waals surface area contributed by atoms with Gasteiger partial charge in [-0.15, -0.1) is 6.58 Å². The van der Waals surface area contributed by atoms with Crippen LogP contribution in [-0.4, -0.2) is 19.0 Å². The minimum absolute atomic E-state index is 0.0203. The highest BCUT2D eigenvalue weighted by Gasteiger charge is 2.67. The molecule has 0 aromatic carbocycles. The summed E-state index contributed by atoms with van der Waals surface area (Å²) in [5, 5.41) is 0. The molecular weight excluding hydrogens is 176 g/mol. The van der Waals surface area contributed by atoms with Gasteiger partial charge in [0.2, 0.25) is 0 Å². The van der Waals surface area contributed by atoms with Crippen LogP contribution in [-0.2, 0) is 9.53 Å². The number of fused-ring (bicyclic) bond motifs is 2. The third kappa shape index (κ3) is 0.789. The molecule has 0 aromatic rings. The zero-order valence-electron chi connectivity index (χ0n) is 9.17. The molecule has 0 amide bonds. The molecule has 2 nitrogen and oxygen atoms in total. The van der Waals surface area contributed by atoms with E-state index in [2.05, 4.69) is 20.4 Å². The zero-order valence-corrected chi connectivity index (χ0v) is 9.17. The van der Waals surface area contributed by atoms with E-state index >= 15 is 0 Å². The number of rotatable bonds is 2. The van der Waals surface area contributed by atoms with Crippen LogP contribution in [0.15, 0.2) is 12.7 Å². The number of carbonyl (C=O) groups excluding carboxylic acids is 1. The fourth-order valence-electron chi connectivity index (χ4n) is 3.54. The van der Waals surface area contributed by atoms with Crippen molar-refractivity contribution in [2.24, 2.45) is 16.7 Å². The Kier molecular flexibility index (Phi) is 1.91. The second-order valence-electron chi connectivity index (χ2n) is 5.06. The SMILES string of the molecule is C=CC12CCC(C(OC)C1=O)C2(C)C. The lowest BCUT2D eigenvalue weighted by Crippen LogP contribution is -2.36. The highest BCUT2D eigenvalue weighted by molar-refractivity contribution is 5.95. The number of Topliss-reactive ketones (excluding diaryl/α,β-unsaturated/α-hetero) is 1. The monoisotopic (exact) mass is 194 g/mol. The van der Waals surface area contributed by atoms with Gasteiger partial charge in [-0.05, 0) is 24.2 Å². The largest absolute Gasteiger partial charge is 0.373 e. The normalized spacial score (nSPS) is 44.4. The summed E-state index contributed by atoms with van der Waals surface area (Å²) in [6.45, 7) is 8.19.